The molecule has 0 aliphatic heterocycles. The molecule has 0 bridgehead atoms. The highest BCUT2D eigenvalue weighted by Crippen LogP contribution is 2.34. The lowest BCUT2D eigenvalue weighted by Gasteiger charge is -2.08. The molecule has 1 aromatic heterocycles. The summed E-state index contributed by atoms with van der Waals surface area (Å²) in [5.74, 6) is -1.19. The maximum Gasteiger partial charge on any atom is 0.348 e. The molecular weight excluding hydrogens is 392 g/mol. The molecule has 2 amide bonds. The lowest BCUT2D eigenvalue weighted by Crippen LogP contribution is -2.20. The molecule has 0 radical (unpaired) electrons. The highest BCUT2D eigenvalue weighted by molar-refractivity contribution is 7.18. The maximum atomic E-state index is 12.3. The Balaban J connectivity index is 2.30. The van der Waals surface area contributed by atoms with Gasteiger partial charge in [0, 0.05) is 10.7 Å². The first-order valence-corrected chi connectivity index (χ1v) is 9.38. The molecule has 0 saturated heterocycles. The Kier molecular flexibility index (Phi) is 7.20. The van der Waals surface area contributed by atoms with E-state index < -0.39 is 18.0 Å². The molecule has 0 spiro atoms. The van der Waals surface area contributed by atoms with Crippen molar-refractivity contribution in [3.63, 3.8) is 0 Å². The number of thiophene rings is 1. The van der Waals surface area contributed by atoms with E-state index in [1.165, 1.54) is 0 Å². The number of hydrogen-bond donors (Lipinski definition) is 2. The fourth-order valence-electron chi connectivity index (χ4n) is 2.27. The fourth-order valence-corrected chi connectivity index (χ4v) is 3.55. The molecule has 0 saturated carbocycles. The quantitative estimate of drug-likeness (QED) is 0.673. The minimum absolute atomic E-state index is 0.131. The number of carbonyl (C=O) groups is 3. The van der Waals surface area contributed by atoms with Crippen molar-refractivity contribution in [3.8, 4) is 0 Å². The molecule has 0 fully saturated rings. The van der Waals surface area contributed by atoms with E-state index in [9.17, 15) is 14.4 Å². The molecule has 1 aromatic carbocycles. The monoisotopic (exact) mass is 410 g/mol. The van der Waals surface area contributed by atoms with Crippen molar-refractivity contribution in [2.24, 2.45) is 0 Å². The molecule has 27 heavy (non-hydrogen) atoms. The molecule has 9 heteroatoms. The minimum atomic E-state index is -0.625. The van der Waals surface area contributed by atoms with E-state index in [4.69, 9.17) is 21.1 Å². The Morgan fingerprint density at radius 2 is 1.74 bits per heavy atom. The fraction of sp³-hybridized carbons (Fsp3) is 0.278. The third-order valence-electron chi connectivity index (χ3n) is 3.40. The third-order valence-corrected chi connectivity index (χ3v) is 4.82. The summed E-state index contributed by atoms with van der Waals surface area (Å²) < 4.78 is 10.1. The zero-order chi connectivity index (χ0) is 20.0. The van der Waals surface area contributed by atoms with Gasteiger partial charge in [0.2, 0.25) is 0 Å². The summed E-state index contributed by atoms with van der Waals surface area (Å²) in [6.45, 7) is 5.32. The summed E-state index contributed by atoms with van der Waals surface area (Å²) >= 11 is 6.85. The van der Waals surface area contributed by atoms with Crippen LogP contribution in [-0.2, 0) is 9.47 Å². The SMILES string of the molecule is CCOC(=O)c1sc(NC(=O)Nc2cccc(Cl)c2)c(C(=O)OCC)c1C. The number of urea groups is 1. The van der Waals surface area contributed by atoms with E-state index in [2.05, 4.69) is 10.6 Å². The number of benzene rings is 1. The number of rotatable bonds is 6. The molecule has 1 heterocycles. The number of hydrogen-bond acceptors (Lipinski definition) is 6. The number of carbonyl (C=O) groups excluding carboxylic acids is 3. The highest BCUT2D eigenvalue weighted by Gasteiger charge is 2.27. The predicted molar refractivity (Wildman–Crippen MR) is 105 cm³/mol. The van der Waals surface area contributed by atoms with Crippen LogP contribution < -0.4 is 10.6 Å². The van der Waals surface area contributed by atoms with Crippen molar-refractivity contribution in [3.05, 3.63) is 45.3 Å². The van der Waals surface area contributed by atoms with Gasteiger partial charge < -0.3 is 14.8 Å². The molecule has 2 N–H and O–H groups in total. The van der Waals surface area contributed by atoms with Gasteiger partial charge in [0.1, 0.15) is 9.88 Å². The highest BCUT2D eigenvalue weighted by atomic mass is 35.5. The van der Waals surface area contributed by atoms with Crippen LogP contribution in [0.15, 0.2) is 24.3 Å². The first kappa shape index (κ1) is 20.7. The molecule has 2 aromatic rings. The van der Waals surface area contributed by atoms with Crippen LogP contribution in [0.3, 0.4) is 0 Å². The average Bonchev–Trinajstić information content (AvgIpc) is 2.91. The Bertz CT molecular complexity index is 865. The van der Waals surface area contributed by atoms with Crippen LogP contribution in [0.25, 0.3) is 0 Å². The van der Waals surface area contributed by atoms with Crippen LogP contribution in [0.1, 0.15) is 39.4 Å². The maximum absolute atomic E-state index is 12.3. The van der Waals surface area contributed by atoms with Gasteiger partial charge in [-0.2, -0.15) is 0 Å². The zero-order valence-corrected chi connectivity index (χ0v) is 16.6. The van der Waals surface area contributed by atoms with Crippen LogP contribution >= 0.6 is 22.9 Å². The smallest absolute Gasteiger partial charge is 0.348 e. The summed E-state index contributed by atoms with van der Waals surface area (Å²) in [6, 6.07) is 6.03. The van der Waals surface area contributed by atoms with Crippen LogP contribution in [0.2, 0.25) is 5.02 Å². The first-order chi connectivity index (χ1) is 12.9. The molecule has 144 valence electrons. The molecular formula is C18H19ClN2O5S. The largest absolute Gasteiger partial charge is 0.462 e. The number of amides is 2. The van der Waals surface area contributed by atoms with E-state index >= 15 is 0 Å². The molecule has 2 rings (SSSR count). The van der Waals surface area contributed by atoms with Gasteiger partial charge in [-0.1, -0.05) is 17.7 Å². The summed E-state index contributed by atoms with van der Waals surface area (Å²) in [5.41, 5.74) is 1.01. The average molecular weight is 411 g/mol. The predicted octanol–water partition coefficient (Wildman–Crippen LogP) is 4.71. The van der Waals surface area contributed by atoms with Gasteiger partial charge in [-0.15, -0.1) is 11.3 Å². The van der Waals surface area contributed by atoms with Gasteiger partial charge in [0.25, 0.3) is 0 Å². The molecule has 0 aliphatic carbocycles. The number of ether oxygens (including phenoxy) is 2. The van der Waals surface area contributed by atoms with E-state index in [-0.39, 0.29) is 28.7 Å². The first-order valence-electron chi connectivity index (χ1n) is 8.18. The Labute approximate surface area is 165 Å². The van der Waals surface area contributed by atoms with E-state index in [0.29, 0.717) is 16.3 Å². The molecule has 0 aliphatic rings. The van der Waals surface area contributed by atoms with Gasteiger partial charge in [0.15, 0.2) is 0 Å². The summed E-state index contributed by atoms with van der Waals surface area (Å²) in [6.07, 6.45) is 0. The molecule has 7 nitrogen and oxygen atoms in total. The van der Waals surface area contributed by atoms with Crippen molar-refractivity contribution in [1.82, 2.24) is 0 Å². The van der Waals surface area contributed by atoms with Gasteiger partial charge in [-0.05, 0) is 44.5 Å². The number of anilines is 2. The topological polar surface area (TPSA) is 93.7 Å². The minimum Gasteiger partial charge on any atom is -0.462 e. The third kappa shape index (κ3) is 5.21. The van der Waals surface area contributed by atoms with Crippen LogP contribution in [-0.4, -0.2) is 31.2 Å². The molecule has 0 unspecified atom stereocenters. The van der Waals surface area contributed by atoms with Gasteiger partial charge in [-0.25, -0.2) is 14.4 Å². The zero-order valence-electron chi connectivity index (χ0n) is 15.1. The lowest BCUT2D eigenvalue weighted by atomic mass is 10.1. The van der Waals surface area contributed by atoms with Crippen LogP contribution in [0.4, 0.5) is 15.5 Å². The lowest BCUT2D eigenvalue weighted by molar-refractivity contribution is 0.0527. The Hall–Kier alpha value is -2.58. The second kappa shape index (κ2) is 9.38. The van der Waals surface area contributed by atoms with E-state index in [1.54, 1.807) is 45.0 Å². The summed E-state index contributed by atoms with van der Waals surface area (Å²) in [4.78, 5) is 37.0. The van der Waals surface area contributed by atoms with Crippen molar-refractivity contribution in [2.45, 2.75) is 20.8 Å². The van der Waals surface area contributed by atoms with Crippen molar-refractivity contribution in [1.29, 1.82) is 0 Å². The van der Waals surface area contributed by atoms with Gasteiger partial charge >= 0.3 is 18.0 Å². The second-order valence-corrected chi connectivity index (χ2v) is 6.75. The summed E-state index contributed by atoms with van der Waals surface area (Å²) in [5, 5.41) is 5.88. The van der Waals surface area contributed by atoms with Crippen molar-refractivity contribution < 1.29 is 23.9 Å². The Morgan fingerprint density at radius 1 is 1.07 bits per heavy atom. The van der Waals surface area contributed by atoms with E-state index in [1.807, 2.05) is 0 Å². The van der Waals surface area contributed by atoms with Crippen LogP contribution in [0.5, 0.6) is 0 Å². The molecule has 0 atom stereocenters. The number of esters is 2. The van der Waals surface area contributed by atoms with Crippen molar-refractivity contribution in [2.75, 3.05) is 23.8 Å². The van der Waals surface area contributed by atoms with Crippen LogP contribution in [0, 0.1) is 6.92 Å². The number of nitrogens with one attached hydrogen (secondary N) is 2. The van der Waals surface area contributed by atoms with Gasteiger partial charge in [0.05, 0.1) is 18.8 Å². The second-order valence-electron chi connectivity index (χ2n) is 5.29. The normalized spacial score (nSPS) is 10.2. The summed E-state index contributed by atoms with van der Waals surface area (Å²) in [7, 11) is 0. The number of halogens is 1. The Morgan fingerprint density at radius 3 is 2.37 bits per heavy atom. The van der Waals surface area contributed by atoms with E-state index in [0.717, 1.165) is 11.3 Å². The van der Waals surface area contributed by atoms with Crippen molar-refractivity contribution >= 4 is 51.6 Å². The standard InChI is InChI=1S/C18H19ClN2O5S/c1-4-25-16(22)13-10(3)14(17(23)26-5-2)27-15(13)21-18(24)20-12-8-6-7-11(19)9-12/h6-9H,4-5H2,1-3H3,(H2,20,21,24). The van der Waals surface area contributed by atoms with Gasteiger partial charge in [-0.3, -0.25) is 5.32 Å².